The Morgan fingerprint density at radius 2 is 1.70 bits per heavy atom. The lowest BCUT2D eigenvalue weighted by molar-refractivity contribution is 0.171. The summed E-state index contributed by atoms with van der Waals surface area (Å²) < 4.78 is 30.6. The van der Waals surface area contributed by atoms with Crippen molar-refractivity contribution in [1.29, 1.82) is 0 Å². The number of sulfonamides is 1. The Balaban J connectivity index is 2.71. The molecule has 0 radical (unpaired) electrons. The Morgan fingerprint density at radius 3 is 2.15 bits per heavy atom. The number of benzene rings is 1. The molecule has 1 aromatic rings. The molecule has 114 valence electrons. The number of hydrogen-bond acceptors (Lipinski definition) is 4. The van der Waals surface area contributed by atoms with Crippen LogP contribution in [0.5, 0.6) is 0 Å². The molecule has 0 saturated carbocycles. The molecule has 20 heavy (non-hydrogen) atoms. The number of nitrogens with one attached hydrogen (secondary N) is 2. The van der Waals surface area contributed by atoms with Gasteiger partial charge in [-0.25, -0.2) is 8.42 Å². The predicted molar refractivity (Wildman–Crippen MR) is 83.7 cm³/mol. The van der Waals surface area contributed by atoms with Crippen LogP contribution in [0.4, 0.5) is 11.4 Å². The second kappa shape index (κ2) is 7.50. The lowest BCUT2D eigenvalue weighted by Crippen LogP contribution is -2.30. The molecule has 1 aromatic carbocycles. The zero-order chi connectivity index (χ0) is 15.2. The van der Waals surface area contributed by atoms with Gasteiger partial charge in [0.2, 0.25) is 10.0 Å². The Labute approximate surface area is 121 Å². The van der Waals surface area contributed by atoms with E-state index >= 15 is 0 Å². The van der Waals surface area contributed by atoms with Gasteiger partial charge in [0.25, 0.3) is 0 Å². The van der Waals surface area contributed by atoms with E-state index in [0.29, 0.717) is 18.2 Å². The first kappa shape index (κ1) is 16.8. The van der Waals surface area contributed by atoms with E-state index in [1.807, 2.05) is 12.1 Å². The maximum atomic E-state index is 11.5. The molecule has 1 unspecified atom stereocenters. The van der Waals surface area contributed by atoms with Gasteiger partial charge in [-0.05, 0) is 37.1 Å². The largest absolute Gasteiger partial charge is 0.383 e. The fourth-order valence-electron chi connectivity index (χ4n) is 1.68. The Hall–Kier alpha value is -1.27. The lowest BCUT2D eigenvalue weighted by atomic mass is 10.1. The van der Waals surface area contributed by atoms with E-state index in [9.17, 15) is 8.42 Å². The Bertz CT molecular complexity index is 498. The van der Waals surface area contributed by atoms with Gasteiger partial charge >= 0.3 is 0 Å². The van der Waals surface area contributed by atoms with Gasteiger partial charge in [0.05, 0.1) is 18.4 Å². The topological polar surface area (TPSA) is 67.4 Å². The summed E-state index contributed by atoms with van der Waals surface area (Å²) in [5.41, 5.74) is 1.52. The smallest absolute Gasteiger partial charge is 0.232 e. The average Bonchev–Trinajstić information content (AvgIpc) is 2.40. The van der Waals surface area contributed by atoms with Gasteiger partial charge in [0.1, 0.15) is 0 Å². The maximum Gasteiger partial charge on any atom is 0.232 e. The van der Waals surface area contributed by atoms with Crippen molar-refractivity contribution in [2.24, 2.45) is 5.92 Å². The molecule has 0 fully saturated rings. The Morgan fingerprint density at radius 1 is 1.15 bits per heavy atom. The van der Waals surface area contributed by atoms with Gasteiger partial charge in [-0.2, -0.15) is 0 Å². The van der Waals surface area contributed by atoms with E-state index < -0.39 is 10.0 Å². The van der Waals surface area contributed by atoms with Crippen LogP contribution in [0.25, 0.3) is 0 Å². The third-order valence-electron chi connectivity index (χ3n) is 3.04. The molecule has 0 amide bonds. The van der Waals surface area contributed by atoms with Gasteiger partial charge in [-0.3, -0.25) is 4.72 Å². The molecule has 6 heteroatoms. The highest BCUT2D eigenvalue weighted by Gasteiger charge is 2.13. The first-order valence-corrected chi connectivity index (χ1v) is 8.39. The van der Waals surface area contributed by atoms with Crippen molar-refractivity contribution in [3.8, 4) is 0 Å². The summed E-state index contributed by atoms with van der Waals surface area (Å²) in [6.45, 7) is 6.49. The van der Waals surface area contributed by atoms with E-state index in [0.717, 1.165) is 5.69 Å². The van der Waals surface area contributed by atoms with Crippen molar-refractivity contribution < 1.29 is 13.2 Å². The van der Waals surface area contributed by atoms with Gasteiger partial charge in [-0.1, -0.05) is 13.8 Å². The zero-order valence-corrected chi connectivity index (χ0v) is 13.3. The average molecular weight is 300 g/mol. The molecule has 0 aliphatic rings. The van der Waals surface area contributed by atoms with Crippen LogP contribution in [-0.2, 0) is 14.8 Å². The number of ether oxygens (including phenoxy) is 1. The molecule has 5 nitrogen and oxygen atoms in total. The van der Waals surface area contributed by atoms with Crippen molar-refractivity contribution in [2.45, 2.75) is 26.8 Å². The SMILES string of the molecule is CCS(=O)(=O)Nc1ccc(NC(COC)C(C)C)cc1. The van der Waals surface area contributed by atoms with Crippen molar-refractivity contribution in [3.63, 3.8) is 0 Å². The first-order chi connectivity index (χ1) is 9.38. The minimum atomic E-state index is -3.22. The zero-order valence-electron chi connectivity index (χ0n) is 12.5. The molecule has 0 aliphatic carbocycles. The van der Waals surface area contributed by atoms with Crippen LogP contribution < -0.4 is 10.0 Å². The normalized spacial score (nSPS) is 13.2. The van der Waals surface area contributed by atoms with Gasteiger partial charge in [-0.15, -0.1) is 0 Å². The highest BCUT2D eigenvalue weighted by atomic mass is 32.2. The summed E-state index contributed by atoms with van der Waals surface area (Å²) in [7, 11) is -1.54. The number of methoxy groups -OCH3 is 1. The van der Waals surface area contributed by atoms with Crippen LogP contribution in [0.1, 0.15) is 20.8 Å². The molecule has 1 rings (SSSR count). The first-order valence-electron chi connectivity index (χ1n) is 6.74. The van der Waals surface area contributed by atoms with Crippen LogP contribution >= 0.6 is 0 Å². The highest BCUT2D eigenvalue weighted by Crippen LogP contribution is 2.17. The standard InChI is InChI=1S/C14H24N2O3S/c1-5-20(17,18)16-13-8-6-12(7-9-13)15-14(10-19-4)11(2)3/h6-9,11,14-16H,5,10H2,1-4H3. The van der Waals surface area contributed by atoms with Crippen LogP contribution in [0.3, 0.4) is 0 Å². The van der Waals surface area contributed by atoms with Crippen LogP contribution in [0, 0.1) is 5.92 Å². The molecule has 0 heterocycles. The number of rotatable bonds is 8. The summed E-state index contributed by atoms with van der Waals surface area (Å²) in [5.74, 6) is 0.504. The number of hydrogen-bond donors (Lipinski definition) is 2. The lowest BCUT2D eigenvalue weighted by Gasteiger charge is -2.22. The van der Waals surface area contributed by atoms with Crippen molar-refractivity contribution >= 4 is 21.4 Å². The van der Waals surface area contributed by atoms with Crippen LogP contribution in [-0.4, -0.2) is 33.9 Å². The summed E-state index contributed by atoms with van der Waals surface area (Å²) >= 11 is 0. The molecule has 0 saturated heterocycles. The third kappa shape index (κ3) is 5.38. The van der Waals surface area contributed by atoms with Gasteiger partial charge < -0.3 is 10.1 Å². The van der Waals surface area contributed by atoms with E-state index in [4.69, 9.17) is 4.74 Å². The van der Waals surface area contributed by atoms with E-state index in [-0.39, 0.29) is 11.8 Å². The maximum absolute atomic E-state index is 11.5. The van der Waals surface area contributed by atoms with Crippen LogP contribution in [0.15, 0.2) is 24.3 Å². The molecule has 0 bridgehead atoms. The summed E-state index contributed by atoms with van der Waals surface area (Å²) in [5, 5.41) is 3.38. The number of anilines is 2. The molecule has 0 spiro atoms. The van der Waals surface area contributed by atoms with Crippen molar-refractivity contribution in [1.82, 2.24) is 0 Å². The van der Waals surface area contributed by atoms with E-state index in [1.54, 1.807) is 26.2 Å². The molecule has 0 aliphatic heterocycles. The van der Waals surface area contributed by atoms with Gasteiger partial charge in [0, 0.05) is 18.5 Å². The Kier molecular flexibility index (Phi) is 6.29. The molecule has 1 atom stereocenters. The molecular weight excluding hydrogens is 276 g/mol. The highest BCUT2D eigenvalue weighted by molar-refractivity contribution is 7.92. The molecule has 0 aromatic heterocycles. The van der Waals surface area contributed by atoms with Crippen LogP contribution in [0.2, 0.25) is 0 Å². The molecule has 2 N–H and O–H groups in total. The van der Waals surface area contributed by atoms with Crippen molar-refractivity contribution in [2.75, 3.05) is 29.5 Å². The molecular formula is C14H24N2O3S. The van der Waals surface area contributed by atoms with Crippen molar-refractivity contribution in [3.05, 3.63) is 24.3 Å². The predicted octanol–water partition coefficient (Wildman–Crippen LogP) is 2.53. The minimum Gasteiger partial charge on any atom is -0.383 e. The second-order valence-electron chi connectivity index (χ2n) is 5.03. The summed E-state index contributed by atoms with van der Waals surface area (Å²) in [6.07, 6.45) is 0. The third-order valence-corrected chi connectivity index (χ3v) is 4.35. The summed E-state index contributed by atoms with van der Waals surface area (Å²) in [6, 6.07) is 7.44. The quantitative estimate of drug-likeness (QED) is 0.774. The fraction of sp³-hybridized carbons (Fsp3) is 0.571. The summed E-state index contributed by atoms with van der Waals surface area (Å²) in [4.78, 5) is 0. The minimum absolute atomic E-state index is 0.0657. The second-order valence-corrected chi connectivity index (χ2v) is 7.04. The van der Waals surface area contributed by atoms with E-state index in [1.165, 1.54) is 0 Å². The van der Waals surface area contributed by atoms with Gasteiger partial charge in [0.15, 0.2) is 0 Å². The fourth-order valence-corrected chi connectivity index (χ4v) is 2.32. The van der Waals surface area contributed by atoms with E-state index in [2.05, 4.69) is 23.9 Å². The monoisotopic (exact) mass is 300 g/mol.